The quantitative estimate of drug-likeness (QED) is 0.778. The molecule has 0 aromatic rings. The molecule has 1 amide bonds. The minimum Gasteiger partial charge on any atom is -0.346 e. The van der Waals surface area contributed by atoms with E-state index < -0.39 is 5.54 Å². The van der Waals surface area contributed by atoms with Crippen molar-refractivity contribution in [3.63, 3.8) is 0 Å². The van der Waals surface area contributed by atoms with E-state index in [4.69, 9.17) is 5.73 Å². The molecule has 0 aliphatic carbocycles. The van der Waals surface area contributed by atoms with E-state index in [-0.39, 0.29) is 11.3 Å². The second-order valence-corrected chi connectivity index (χ2v) is 6.29. The Morgan fingerprint density at radius 2 is 1.67 bits per heavy atom. The fourth-order valence-electron chi connectivity index (χ4n) is 1.15. The van der Waals surface area contributed by atoms with Crippen LogP contribution in [0.5, 0.6) is 0 Å². The molecule has 0 saturated carbocycles. The minimum atomic E-state index is -0.410. The van der Waals surface area contributed by atoms with E-state index in [1.54, 1.807) is 4.90 Å². The highest BCUT2D eigenvalue weighted by atomic mass is 16.2. The molecular formula is C12H26N2O. The zero-order chi connectivity index (χ0) is 12.3. The molecule has 15 heavy (non-hydrogen) atoms. The van der Waals surface area contributed by atoms with Crippen molar-refractivity contribution in [3.05, 3.63) is 0 Å². The van der Waals surface area contributed by atoms with Crippen molar-refractivity contribution in [2.45, 2.75) is 53.0 Å². The molecule has 90 valence electrons. The number of hydrogen-bond acceptors (Lipinski definition) is 2. The number of amides is 1. The first-order chi connectivity index (χ1) is 6.51. The van der Waals surface area contributed by atoms with Crippen molar-refractivity contribution in [1.29, 1.82) is 0 Å². The van der Waals surface area contributed by atoms with Crippen LogP contribution in [0.3, 0.4) is 0 Å². The lowest BCUT2D eigenvalue weighted by molar-refractivity contribution is -0.131. The van der Waals surface area contributed by atoms with Gasteiger partial charge in [0.25, 0.3) is 0 Å². The highest BCUT2D eigenvalue weighted by Crippen LogP contribution is 2.18. The topological polar surface area (TPSA) is 46.3 Å². The Morgan fingerprint density at radius 1 is 1.20 bits per heavy atom. The van der Waals surface area contributed by atoms with E-state index in [0.29, 0.717) is 6.42 Å². The third-order valence-electron chi connectivity index (χ3n) is 2.23. The van der Waals surface area contributed by atoms with Crippen molar-refractivity contribution < 1.29 is 4.79 Å². The first kappa shape index (κ1) is 14.4. The van der Waals surface area contributed by atoms with Crippen LogP contribution in [0.1, 0.15) is 47.5 Å². The second-order valence-electron chi connectivity index (χ2n) is 6.29. The van der Waals surface area contributed by atoms with Crippen LogP contribution in [0.25, 0.3) is 0 Å². The van der Waals surface area contributed by atoms with Crippen molar-refractivity contribution in [3.8, 4) is 0 Å². The molecule has 0 unspecified atom stereocenters. The summed E-state index contributed by atoms with van der Waals surface area (Å²) in [4.78, 5) is 13.5. The first-order valence-corrected chi connectivity index (χ1v) is 5.54. The summed E-state index contributed by atoms with van der Waals surface area (Å²) in [5.74, 6) is 0.131. The van der Waals surface area contributed by atoms with Gasteiger partial charge in [-0.2, -0.15) is 0 Å². The summed E-state index contributed by atoms with van der Waals surface area (Å²) in [5, 5.41) is 0. The average Bonchev–Trinajstić information content (AvgIpc) is 1.95. The van der Waals surface area contributed by atoms with Gasteiger partial charge in [-0.15, -0.1) is 0 Å². The fraction of sp³-hybridized carbons (Fsp3) is 0.917. The molecule has 0 saturated heterocycles. The Labute approximate surface area is 94.0 Å². The molecule has 0 heterocycles. The molecule has 2 N–H and O–H groups in total. The van der Waals surface area contributed by atoms with Gasteiger partial charge in [0, 0.05) is 25.6 Å². The number of carbonyl (C=O) groups is 1. The molecule has 0 radical (unpaired) electrons. The van der Waals surface area contributed by atoms with Crippen molar-refractivity contribution in [2.75, 3.05) is 13.6 Å². The van der Waals surface area contributed by atoms with Gasteiger partial charge in [-0.3, -0.25) is 4.79 Å². The van der Waals surface area contributed by atoms with Gasteiger partial charge in [0.2, 0.25) is 5.91 Å². The summed E-state index contributed by atoms with van der Waals surface area (Å²) in [5.41, 5.74) is 5.67. The van der Waals surface area contributed by atoms with Crippen LogP contribution < -0.4 is 5.73 Å². The van der Waals surface area contributed by atoms with Gasteiger partial charge in [0.1, 0.15) is 0 Å². The van der Waals surface area contributed by atoms with Crippen LogP contribution in [0, 0.1) is 5.41 Å². The molecule has 0 bridgehead atoms. The lowest BCUT2D eigenvalue weighted by Gasteiger charge is -2.26. The number of hydrogen-bond donors (Lipinski definition) is 1. The Balaban J connectivity index is 4.01. The molecule has 0 aromatic heterocycles. The van der Waals surface area contributed by atoms with E-state index >= 15 is 0 Å². The summed E-state index contributed by atoms with van der Waals surface area (Å²) < 4.78 is 0. The van der Waals surface area contributed by atoms with E-state index in [0.717, 1.165) is 13.0 Å². The maximum Gasteiger partial charge on any atom is 0.224 e. The van der Waals surface area contributed by atoms with Crippen LogP contribution in [-0.4, -0.2) is 29.9 Å². The minimum absolute atomic E-state index is 0.131. The lowest BCUT2D eigenvalue weighted by atomic mass is 9.92. The zero-order valence-electron chi connectivity index (χ0n) is 11.1. The third-order valence-corrected chi connectivity index (χ3v) is 2.23. The monoisotopic (exact) mass is 214 g/mol. The molecular weight excluding hydrogens is 188 g/mol. The Kier molecular flexibility index (Phi) is 4.78. The summed E-state index contributed by atoms with van der Waals surface area (Å²) in [6, 6.07) is 0. The summed E-state index contributed by atoms with van der Waals surface area (Å²) in [6.07, 6.45) is 1.42. The average molecular weight is 214 g/mol. The summed E-state index contributed by atoms with van der Waals surface area (Å²) >= 11 is 0. The van der Waals surface area contributed by atoms with Gasteiger partial charge in [0.05, 0.1) is 0 Å². The Morgan fingerprint density at radius 3 is 2.00 bits per heavy atom. The van der Waals surface area contributed by atoms with Gasteiger partial charge < -0.3 is 10.6 Å². The smallest absolute Gasteiger partial charge is 0.224 e. The van der Waals surface area contributed by atoms with Gasteiger partial charge in [-0.1, -0.05) is 20.8 Å². The number of rotatable bonds is 4. The SMILES string of the molecule is CN(CCC(C)(C)C)C(=O)CC(C)(C)N. The lowest BCUT2D eigenvalue weighted by Crippen LogP contribution is -2.40. The Hall–Kier alpha value is -0.570. The molecule has 0 fully saturated rings. The van der Waals surface area contributed by atoms with Crippen molar-refractivity contribution in [1.82, 2.24) is 4.90 Å². The number of nitrogens with two attached hydrogens (primary N) is 1. The van der Waals surface area contributed by atoms with Gasteiger partial charge in [-0.25, -0.2) is 0 Å². The van der Waals surface area contributed by atoms with Crippen molar-refractivity contribution in [2.24, 2.45) is 11.1 Å². The number of carbonyl (C=O) groups excluding carboxylic acids is 1. The maximum atomic E-state index is 11.7. The number of nitrogens with zero attached hydrogens (tertiary/aromatic N) is 1. The first-order valence-electron chi connectivity index (χ1n) is 5.54. The normalized spacial score (nSPS) is 12.7. The molecule has 3 heteroatoms. The molecule has 0 aromatic carbocycles. The largest absolute Gasteiger partial charge is 0.346 e. The van der Waals surface area contributed by atoms with E-state index in [9.17, 15) is 4.79 Å². The third kappa shape index (κ3) is 8.43. The highest BCUT2D eigenvalue weighted by molar-refractivity contribution is 5.77. The predicted molar refractivity (Wildman–Crippen MR) is 64.6 cm³/mol. The van der Waals surface area contributed by atoms with E-state index in [2.05, 4.69) is 20.8 Å². The molecule has 0 aliphatic rings. The second kappa shape index (κ2) is 4.97. The molecule has 0 aliphatic heterocycles. The Bertz CT molecular complexity index is 211. The zero-order valence-corrected chi connectivity index (χ0v) is 11.1. The summed E-state index contributed by atoms with van der Waals surface area (Å²) in [6.45, 7) is 11.1. The fourth-order valence-corrected chi connectivity index (χ4v) is 1.15. The van der Waals surface area contributed by atoms with Gasteiger partial charge >= 0.3 is 0 Å². The van der Waals surface area contributed by atoms with Crippen LogP contribution in [0.2, 0.25) is 0 Å². The van der Waals surface area contributed by atoms with Crippen molar-refractivity contribution >= 4 is 5.91 Å². The van der Waals surface area contributed by atoms with Crippen LogP contribution in [0.15, 0.2) is 0 Å². The molecule has 3 nitrogen and oxygen atoms in total. The molecule has 0 rings (SSSR count). The summed E-state index contributed by atoms with van der Waals surface area (Å²) in [7, 11) is 1.85. The van der Waals surface area contributed by atoms with Gasteiger partial charge in [0.15, 0.2) is 0 Å². The standard InChI is InChI=1S/C12H26N2O/c1-11(2,3)7-8-14(6)10(15)9-12(4,5)13/h7-9,13H2,1-6H3. The highest BCUT2D eigenvalue weighted by Gasteiger charge is 2.20. The van der Waals surface area contributed by atoms with Gasteiger partial charge in [-0.05, 0) is 25.7 Å². The molecule has 0 spiro atoms. The maximum absolute atomic E-state index is 11.7. The van der Waals surface area contributed by atoms with Crippen LogP contribution in [-0.2, 0) is 4.79 Å². The van der Waals surface area contributed by atoms with Crippen LogP contribution >= 0.6 is 0 Å². The van der Waals surface area contributed by atoms with Crippen LogP contribution in [0.4, 0.5) is 0 Å². The molecule has 0 atom stereocenters. The van der Waals surface area contributed by atoms with E-state index in [1.807, 2.05) is 20.9 Å². The predicted octanol–water partition coefficient (Wildman–Crippen LogP) is 2.01. The van der Waals surface area contributed by atoms with E-state index in [1.165, 1.54) is 0 Å².